The van der Waals surface area contributed by atoms with Gasteiger partial charge in [0.05, 0.1) is 7.11 Å². The average Bonchev–Trinajstić information content (AvgIpc) is 2.08. The third-order valence-corrected chi connectivity index (χ3v) is 1.72. The normalized spacial score (nSPS) is 10.5. The second kappa shape index (κ2) is 4.14. The van der Waals surface area contributed by atoms with Crippen molar-refractivity contribution in [2.24, 2.45) is 0 Å². The van der Waals surface area contributed by atoms with Crippen molar-refractivity contribution in [1.82, 2.24) is 4.90 Å². The van der Waals surface area contributed by atoms with Crippen LogP contribution in [0, 0.1) is 6.07 Å². The lowest BCUT2D eigenvalue weighted by molar-refractivity contribution is 0.354. The van der Waals surface area contributed by atoms with Gasteiger partial charge < -0.3 is 14.7 Å². The summed E-state index contributed by atoms with van der Waals surface area (Å²) in [7, 11) is 5.42. The van der Waals surface area contributed by atoms with Gasteiger partial charge in [-0.3, -0.25) is 0 Å². The minimum Gasteiger partial charge on any atom is -0.504 e. The van der Waals surface area contributed by atoms with Gasteiger partial charge in [0.25, 0.3) is 0 Å². The molecule has 3 nitrogen and oxygen atoms in total. The molecule has 0 heterocycles. The molecule has 0 fully saturated rings. The standard InChI is InChI=1S/C10H14NO2/c1-11(2)7-8-5-4-6-9(13-3)10(8)12/h5-6,12H,7H2,1-3H3. The van der Waals surface area contributed by atoms with E-state index in [2.05, 4.69) is 6.07 Å². The Bertz CT molecular complexity index is 284. The third-order valence-electron chi connectivity index (χ3n) is 1.72. The Morgan fingerprint density at radius 3 is 2.69 bits per heavy atom. The molecule has 0 aromatic heterocycles. The van der Waals surface area contributed by atoms with Gasteiger partial charge in [-0.1, -0.05) is 0 Å². The number of hydrogen-bond acceptors (Lipinski definition) is 3. The van der Waals surface area contributed by atoms with Gasteiger partial charge in [0, 0.05) is 12.1 Å². The summed E-state index contributed by atoms with van der Waals surface area (Å²) < 4.78 is 4.97. The van der Waals surface area contributed by atoms with E-state index in [9.17, 15) is 5.11 Å². The number of benzene rings is 1. The Morgan fingerprint density at radius 2 is 2.15 bits per heavy atom. The first kappa shape index (κ1) is 9.86. The van der Waals surface area contributed by atoms with Crippen LogP contribution in [0.15, 0.2) is 12.1 Å². The SMILES string of the molecule is COc1c[c]cc(CN(C)C)c1O. The molecule has 1 N–H and O–H groups in total. The highest BCUT2D eigenvalue weighted by atomic mass is 16.5. The number of methoxy groups -OCH3 is 1. The van der Waals surface area contributed by atoms with Crippen LogP contribution >= 0.6 is 0 Å². The topological polar surface area (TPSA) is 32.7 Å². The van der Waals surface area contributed by atoms with E-state index in [1.807, 2.05) is 19.0 Å². The fourth-order valence-electron chi connectivity index (χ4n) is 1.13. The summed E-state index contributed by atoms with van der Waals surface area (Å²) in [6.07, 6.45) is 0. The van der Waals surface area contributed by atoms with Gasteiger partial charge in [-0.25, -0.2) is 0 Å². The summed E-state index contributed by atoms with van der Waals surface area (Å²) in [6.45, 7) is 0.680. The molecule has 1 aromatic rings. The van der Waals surface area contributed by atoms with Gasteiger partial charge in [-0.15, -0.1) is 0 Å². The quantitative estimate of drug-likeness (QED) is 0.760. The molecule has 0 aliphatic heterocycles. The van der Waals surface area contributed by atoms with E-state index in [1.54, 1.807) is 12.1 Å². The Hall–Kier alpha value is -1.22. The zero-order valence-corrected chi connectivity index (χ0v) is 8.16. The van der Waals surface area contributed by atoms with Crippen LogP contribution in [-0.4, -0.2) is 31.2 Å². The summed E-state index contributed by atoms with van der Waals surface area (Å²) >= 11 is 0. The highest BCUT2D eigenvalue weighted by Gasteiger charge is 2.07. The lowest BCUT2D eigenvalue weighted by Gasteiger charge is -2.12. The molecule has 13 heavy (non-hydrogen) atoms. The molecular formula is C10H14NO2. The van der Waals surface area contributed by atoms with E-state index in [1.165, 1.54) is 7.11 Å². The minimum absolute atomic E-state index is 0.204. The van der Waals surface area contributed by atoms with Crippen LogP contribution in [0.2, 0.25) is 0 Å². The van der Waals surface area contributed by atoms with E-state index in [4.69, 9.17) is 4.74 Å². The summed E-state index contributed by atoms with van der Waals surface area (Å²) in [5.74, 6) is 0.675. The fourth-order valence-corrected chi connectivity index (χ4v) is 1.13. The Kier molecular flexibility index (Phi) is 3.14. The molecule has 0 aliphatic carbocycles. The lowest BCUT2D eigenvalue weighted by Crippen LogP contribution is -2.10. The zero-order valence-electron chi connectivity index (χ0n) is 8.16. The number of hydrogen-bond donors (Lipinski definition) is 1. The smallest absolute Gasteiger partial charge is 0.162 e. The van der Waals surface area contributed by atoms with Crippen molar-refractivity contribution >= 4 is 0 Å². The summed E-state index contributed by atoms with van der Waals surface area (Å²) in [4.78, 5) is 1.97. The number of ether oxygens (including phenoxy) is 1. The Morgan fingerprint density at radius 1 is 1.46 bits per heavy atom. The van der Waals surface area contributed by atoms with Crippen LogP contribution in [0.5, 0.6) is 11.5 Å². The van der Waals surface area contributed by atoms with Crippen LogP contribution in [0.25, 0.3) is 0 Å². The van der Waals surface area contributed by atoms with Crippen LogP contribution in [0.1, 0.15) is 5.56 Å². The van der Waals surface area contributed by atoms with Crippen molar-refractivity contribution in [3.05, 3.63) is 23.8 Å². The molecule has 71 valence electrons. The molecule has 0 spiro atoms. The van der Waals surface area contributed by atoms with E-state index in [-0.39, 0.29) is 5.75 Å². The van der Waals surface area contributed by atoms with Crippen LogP contribution in [0.4, 0.5) is 0 Å². The molecule has 0 bridgehead atoms. The number of rotatable bonds is 3. The van der Waals surface area contributed by atoms with Crippen LogP contribution in [0.3, 0.4) is 0 Å². The van der Waals surface area contributed by atoms with Gasteiger partial charge in [-0.2, -0.15) is 0 Å². The van der Waals surface area contributed by atoms with Crippen molar-refractivity contribution < 1.29 is 9.84 Å². The molecular weight excluding hydrogens is 166 g/mol. The number of nitrogens with zero attached hydrogens (tertiary/aromatic N) is 1. The minimum atomic E-state index is 0.204. The molecule has 1 aromatic carbocycles. The monoisotopic (exact) mass is 180 g/mol. The predicted molar refractivity (Wildman–Crippen MR) is 50.9 cm³/mol. The zero-order chi connectivity index (χ0) is 9.84. The first-order valence-corrected chi connectivity index (χ1v) is 4.05. The summed E-state index contributed by atoms with van der Waals surface area (Å²) in [5, 5.41) is 9.67. The number of phenols is 1. The van der Waals surface area contributed by atoms with E-state index >= 15 is 0 Å². The van der Waals surface area contributed by atoms with Gasteiger partial charge in [0.15, 0.2) is 11.5 Å². The van der Waals surface area contributed by atoms with Gasteiger partial charge in [0.1, 0.15) is 0 Å². The fraction of sp³-hybridized carbons (Fsp3) is 0.400. The van der Waals surface area contributed by atoms with Gasteiger partial charge in [0.2, 0.25) is 0 Å². The maximum absolute atomic E-state index is 9.67. The first-order valence-electron chi connectivity index (χ1n) is 4.05. The molecule has 1 rings (SSSR count). The van der Waals surface area contributed by atoms with Crippen molar-refractivity contribution in [3.8, 4) is 11.5 Å². The van der Waals surface area contributed by atoms with Crippen molar-refractivity contribution in [2.45, 2.75) is 6.54 Å². The van der Waals surface area contributed by atoms with Crippen LogP contribution < -0.4 is 4.74 Å². The third kappa shape index (κ3) is 2.36. The van der Waals surface area contributed by atoms with Crippen molar-refractivity contribution in [2.75, 3.05) is 21.2 Å². The molecule has 0 saturated heterocycles. The molecule has 0 unspecified atom stereocenters. The first-order chi connectivity index (χ1) is 6.15. The van der Waals surface area contributed by atoms with E-state index < -0.39 is 0 Å². The van der Waals surface area contributed by atoms with Crippen molar-refractivity contribution in [1.29, 1.82) is 0 Å². The average molecular weight is 180 g/mol. The molecule has 0 amide bonds. The molecule has 0 atom stereocenters. The maximum Gasteiger partial charge on any atom is 0.162 e. The van der Waals surface area contributed by atoms with Gasteiger partial charge in [-0.05, 0) is 32.3 Å². The van der Waals surface area contributed by atoms with Crippen LogP contribution in [-0.2, 0) is 6.54 Å². The molecule has 3 heteroatoms. The summed E-state index contributed by atoms with van der Waals surface area (Å²) in [6, 6.07) is 6.30. The molecule has 0 aliphatic rings. The Labute approximate surface area is 78.6 Å². The lowest BCUT2D eigenvalue weighted by atomic mass is 10.2. The van der Waals surface area contributed by atoms with Crippen molar-refractivity contribution in [3.63, 3.8) is 0 Å². The van der Waals surface area contributed by atoms with E-state index in [0.29, 0.717) is 12.3 Å². The predicted octanol–water partition coefficient (Wildman–Crippen LogP) is 1.26. The Balaban J connectivity index is 2.94. The highest BCUT2D eigenvalue weighted by Crippen LogP contribution is 2.29. The van der Waals surface area contributed by atoms with E-state index in [0.717, 1.165) is 5.56 Å². The second-order valence-electron chi connectivity index (χ2n) is 3.14. The number of aromatic hydroxyl groups is 1. The largest absolute Gasteiger partial charge is 0.504 e. The second-order valence-corrected chi connectivity index (χ2v) is 3.14. The molecule has 0 saturated carbocycles. The molecule has 1 radical (unpaired) electrons. The number of phenolic OH excluding ortho intramolecular Hbond substituents is 1. The summed E-state index contributed by atoms with van der Waals surface area (Å²) in [5.41, 5.74) is 0.823. The maximum atomic E-state index is 9.67. The van der Waals surface area contributed by atoms with Gasteiger partial charge >= 0.3 is 0 Å². The highest BCUT2D eigenvalue weighted by molar-refractivity contribution is 5.44.